The average Bonchev–Trinajstić information content (AvgIpc) is 3.39. The first-order valence-corrected chi connectivity index (χ1v) is 13.8. The van der Waals surface area contributed by atoms with Gasteiger partial charge in [-0.25, -0.2) is 0 Å². The van der Waals surface area contributed by atoms with Crippen LogP contribution in [-0.4, -0.2) is 81.0 Å². The molecule has 4 amide bonds. The van der Waals surface area contributed by atoms with Crippen LogP contribution in [0.15, 0.2) is 48.7 Å². The summed E-state index contributed by atoms with van der Waals surface area (Å²) in [5.41, 5.74) is 2.49. The van der Waals surface area contributed by atoms with Gasteiger partial charge in [0.15, 0.2) is 5.69 Å². The monoisotopic (exact) mass is 564 g/mol. The van der Waals surface area contributed by atoms with E-state index < -0.39 is 11.9 Å². The first-order valence-electron chi connectivity index (χ1n) is 13.1. The number of carbonyl (C=O) groups is 4. The van der Waals surface area contributed by atoms with Gasteiger partial charge in [-0.15, -0.1) is 0 Å². The minimum absolute atomic E-state index is 0.134. The zero-order chi connectivity index (χ0) is 28.3. The number of carbonyl (C=O) groups excluding carboxylic acids is 4. The van der Waals surface area contributed by atoms with Crippen LogP contribution in [0, 0.1) is 6.92 Å². The van der Waals surface area contributed by atoms with Crippen molar-refractivity contribution in [2.45, 2.75) is 32.2 Å². The zero-order valence-electron chi connectivity index (χ0n) is 22.2. The van der Waals surface area contributed by atoms with Crippen molar-refractivity contribution in [1.29, 1.82) is 0 Å². The normalized spacial score (nSPS) is 17.8. The summed E-state index contributed by atoms with van der Waals surface area (Å²) < 4.78 is 8.21. The molecule has 4 N–H and O–H groups in total. The summed E-state index contributed by atoms with van der Waals surface area (Å²) >= 11 is 0.959. The second-order valence-corrected chi connectivity index (χ2v) is 9.84. The molecule has 12 nitrogen and oxygen atoms in total. The van der Waals surface area contributed by atoms with Gasteiger partial charge in [-0.1, -0.05) is 30.3 Å². The number of pyridine rings is 1. The maximum absolute atomic E-state index is 13.3. The Morgan fingerprint density at radius 1 is 1.00 bits per heavy atom. The fourth-order valence-corrected chi connectivity index (χ4v) is 4.75. The fraction of sp³-hybridized carbons (Fsp3) is 0.370. The number of amides is 4. The summed E-state index contributed by atoms with van der Waals surface area (Å²) in [7, 11) is 0. The summed E-state index contributed by atoms with van der Waals surface area (Å²) in [6.45, 7) is 3.18. The van der Waals surface area contributed by atoms with Crippen molar-refractivity contribution in [3.63, 3.8) is 0 Å². The molecule has 2 aromatic heterocycles. The van der Waals surface area contributed by atoms with Gasteiger partial charge in [-0.3, -0.25) is 24.2 Å². The van der Waals surface area contributed by atoms with E-state index in [0.29, 0.717) is 37.4 Å². The van der Waals surface area contributed by atoms with E-state index in [1.54, 1.807) is 24.0 Å². The molecule has 40 heavy (non-hydrogen) atoms. The third-order valence-corrected chi connectivity index (χ3v) is 6.95. The molecule has 0 aliphatic carbocycles. The number of hydrogen-bond donors (Lipinski definition) is 4. The van der Waals surface area contributed by atoms with Crippen LogP contribution in [0.4, 0.5) is 5.69 Å². The van der Waals surface area contributed by atoms with Gasteiger partial charge in [-0.05, 0) is 31.0 Å². The molecule has 1 aliphatic heterocycles. The van der Waals surface area contributed by atoms with Crippen LogP contribution in [0.1, 0.15) is 45.1 Å². The Kier molecular flexibility index (Phi) is 10.1. The van der Waals surface area contributed by atoms with Gasteiger partial charge in [0.1, 0.15) is 11.7 Å². The van der Waals surface area contributed by atoms with Gasteiger partial charge < -0.3 is 26.2 Å². The Hall–Kier alpha value is -4.39. The van der Waals surface area contributed by atoms with Gasteiger partial charge in [0.25, 0.3) is 11.8 Å². The molecule has 0 radical (unpaired) electrons. The molecule has 3 aromatic rings. The van der Waals surface area contributed by atoms with Crippen molar-refractivity contribution in [2.24, 2.45) is 0 Å². The van der Waals surface area contributed by atoms with Crippen molar-refractivity contribution in [3.8, 4) is 0 Å². The van der Waals surface area contributed by atoms with Crippen LogP contribution in [-0.2, 0) is 16.0 Å². The van der Waals surface area contributed by atoms with E-state index in [0.717, 1.165) is 17.3 Å². The highest BCUT2D eigenvalue weighted by Crippen LogP contribution is 2.11. The zero-order valence-corrected chi connectivity index (χ0v) is 23.0. The van der Waals surface area contributed by atoms with Crippen LogP contribution in [0.25, 0.3) is 0 Å². The van der Waals surface area contributed by atoms with Gasteiger partial charge in [0.05, 0.1) is 17.4 Å². The van der Waals surface area contributed by atoms with E-state index in [1.165, 1.54) is 6.20 Å². The number of anilines is 1. The SMILES string of the molecule is Cc1nsnc1C(=O)N1CCCC(=O)NCCNc2ccnc(c2)C(=O)N[C@@H](Cc2ccccc2)C(=O)NCC1. The Morgan fingerprint density at radius 3 is 2.58 bits per heavy atom. The molecule has 0 saturated carbocycles. The minimum Gasteiger partial charge on any atom is -0.383 e. The Labute approximate surface area is 236 Å². The van der Waals surface area contributed by atoms with E-state index in [-0.39, 0.29) is 55.0 Å². The van der Waals surface area contributed by atoms with Crippen LogP contribution in [0.2, 0.25) is 0 Å². The topological polar surface area (TPSA) is 158 Å². The molecule has 0 spiro atoms. The number of hydrogen-bond acceptors (Lipinski definition) is 9. The maximum Gasteiger partial charge on any atom is 0.275 e. The lowest BCUT2D eigenvalue weighted by Crippen LogP contribution is -2.50. The van der Waals surface area contributed by atoms with Crippen LogP contribution in [0.5, 0.6) is 0 Å². The smallest absolute Gasteiger partial charge is 0.275 e. The average molecular weight is 565 g/mol. The largest absolute Gasteiger partial charge is 0.383 e. The highest BCUT2D eigenvalue weighted by Gasteiger charge is 2.25. The number of benzene rings is 1. The minimum atomic E-state index is -0.869. The predicted molar refractivity (Wildman–Crippen MR) is 150 cm³/mol. The number of rotatable bonds is 3. The highest BCUT2D eigenvalue weighted by atomic mass is 32.1. The van der Waals surface area contributed by atoms with E-state index >= 15 is 0 Å². The Morgan fingerprint density at radius 2 is 1.80 bits per heavy atom. The summed E-state index contributed by atoms with van der Waals surface area (Å²) in [6.07, 6.45) is 2.46. The highest BCUT2D eigenvalue weighted by molar-refractivity contribution is 6.99. The van der Waals surface area contributed by atoms with Crippen molar-refractivity contribution >= 4 is 41.0 Å². The van der Waals surface area contributed by atoms with Crippen molar-refractivity contribution < 1.29 is 19.2 Å². The molecule has 1 atom stereocenters. The van der Waals surface area contributed by atoms with Crippen molar-refractivity contribution in [1.82, 2.24) is 34.6 Å². The standard InChI is InChI=1S/C27H32N8O4S/c1-18-24(34-40-33-18)27(39)35-14-5-8-23(36)30-12-11-28-20-9-10-29-21(17-20)26(38)32-22(25(37)31-13-15-35)16-19-6-3-2-4-7-19/h2-4,6-7,9-10,17,22,28H,5,8,11-16H2,1H3,(H,30,36)(H,31,37)(H,32,38)/t22-/m0/s1. The van der Waals surface area contributed by atoms with E-state index in [2.05, 4.69) is 35.0 Å². The second kappa shape index (κ2) is 14.1. The first-order chi connectivity index (χ1) is 19.4. The second-order valence-electron chi connectivity index (χ2n) is 9.31. The molecule has 13 heteroatoms. The molecule has 1 aliphatic rings. The molecule has 3 heterocycles. The maximum atomic E-state index is 13.3. The van der Waals surface area contributed by atoms with Crippen LogP contribution >= 0.6 is 11.7 Å². The molecular weight excluding hydrogens is 532 g/mol. The van der Waals surface area contributed by atoms with E-state index in [1.807, 2.05) is 30.3 Å². The van der Waals surface area contributed by atoms with Crippen LogP contribution < -0.4 is 21.3 Å². The molecule has 4 rings (SSSR count). The summed E-state index contributed by atoms with van der Waals surface area (Å²) in [4.78, 5) is 57.7. The quantitative estimate of drug-likeness (QED) is 0.369. The number of fused-ring (bicyclic) bond motifs is 2. The molecule has 0 saturated heterocycles. The molecular formula is C27H32N8O4S. The van der Waals surface area contributed by atoms with E-state index in [9.17, 15) is 19.2 Å². The van der Waals surface area contributed by atoms with Gasteiger partial charge in [-0.2, -0.15) is 8.75 Å². The third-order valence-electron chi connectivity index (χ3n) is 6.33. The number of nitrogens with one attached hydrogen (secondary N) is 4. The van der Waals surface area contributed by atoms with Crippen molar-refractivity contribution in [2.75, 3.05) is 38.0 Å². The van der Waals surface area contributed by atoms with Gasteiger partial charge >= 0.3 is 0 Å². The van der Waals surface area contributed by atoms with E-state index in [4.69, 9.17) is 0 Å². The van der Waals surface area contributed by atoms with Crippen molar-refractivity contribution in [3.05, 3.63) is 71.3 Å². The van der Waals surface area contributed by atoms with Gasteiger partial charge in [0.2, 0.25) is 11.8 Å². The van der Waals surface area contributed by atoms with Gasteiger partial charge in [0, 0.05) is 57.4 Å². The number of aromatic nitrogens is 3. The lowest BCUT2D eigenvalue weighted by atomic mass is 10.0. The Bertz CT molecular complexity index is 1330. The predicted octanol–water partition coefficient (Wildman–Crippen LogP) is 1.16. The molecule has 2 bridgehead atoms. The molecule has 0 unspecified atom stereocenters. The lowest BCUT2D eigenvalue weighted by Gasteiger charge is -2.23. The molecule has 1 aromatic carbocycles. The molecule has 0 fully saturated rings. The third kappa shape index (κ3) is 8.06. The fourth-order valence-electron chi connectivity index (χ4n) is 4.21. The first kappa shape index (κ1) is 28.6. The number of nitrogens with zero attached hydrogens (tertiary/aromatic N) is 4. The number of aryl methyl sites for hydroxylation is 1. The summed E-state index contributed by atoms with van der Waals surface area (Å²) in [5, 5.41) is 11.7. The summed E-state index contributed by atoms with van der Waals surface area (Å²) in [6, 6.07) is 11.8. The summed E-state index contributed by atoms with van der Waals surface area (Å²) in [5.74, 6) is -1.32. The molecule has 210 valence electrons. The Balaban J connectivity index is 1.53. The van der Waals surface area contributed by atoms with Crippen LogP contribution in [0.3, 0.4) is 0 Å². The lowest BCUT2D eigenvalue weighted by molar-refractivity contribution is -0.123.